The number of thiocarbonyl (C=S) groups is 1. The van der Waals surface area contributed by atoms with Crippen molar-refractivity contribution in [2.75, 3.05) is 5.32 Å². The number of nitrogens with zero attached hydrogens (tertiary/aromatic N) is 2. The van der Waals surface area contributed by atoms with Crippen molar-refractivity contribution in [2.45, 2.75) is 6.61 Å². The molecule has 0 radical (unpaired) electrons. The minimum Gasteiger partial charge on any atom is -0.489 e. The zero-order valence-corrected chi connectivity index (χ0v) is 17.8. The van der Waals surface area contributed by atoms with Crippen LogP contribution in [0, 0.1) is 0 Å². The summed E-state index contributed by atoms with van der Waals surface area (Å²) in [5.41, 5.74) is 7.80. The zero-order valence-electron chi connectivity index (χ0n) is 16.2. The molecule has 9 heteroatoms. The predicted octanol–water partition coefficient (Wildman–Crippen LogP) is 4.20. The van der Waals surface area contributed by atoms with Gasteiger partial charge < -0.3 is 14.5 Å². The number of imidazole rings is 1. The van der Waals surface area contributed by atoms with Gasteiger partial charge in [0.2, 0.25) is 0 Å². The number of hydrogen-bond acceptors (Lipinski definition) is 4. The molecule has 0 aliphatic carbocycles. The number of hydrazine groups is 1. The minimum absolute atomic E-state index is 0.223. The molecular weight excluding hydrogens is 434 g/mol. The first-order chi connectivity index (χ1) is 15.1. The summed E-state index contributed by atoms with van der Waals surface area (Å²) in [6, 6.07) is 20.7. The fraction of sp³-hybridized carbons (Fsp3) is 0.0455. The van der Waals surface area contributed by atoms with E-state index in [0.717, 1.165) is 11.3 Å². The Morgan fingerprint density at radius 1 is 1.06 bits per heavy atom. The van der Waals surface area contributed by atoms with E-state index in [1.54, 1.807) is 28.9 Å². The van der Waals surface area contributed by atoms with Gasteiger partial charge in [0.15, 0.2) is 5.11 Å². The van der Waals surface area contributed by atoms with E-state index in [0.29, 0.717) is 23.0 Å². The summed E-state index contributed by atoms with van der Waals surface area (Å²) >= 11 is 11.2. The first-order valence-corrected chi connectivity index (χ1v) is 10.1. The van der Waals surface area contributed by atoms with E-state index in [2.05, 4.69) is 21.2 Å². The first kappa shape index (κ1) is 20.6. The fourth-order valence-corrected chi connectivity index (χ4v) is 3.13. The highest BCUT2D eigenvalue weighted by Gasteiger charge is 2.11. The number of benzene rings is 2. The number of carbonyl (C=O) groups excluding carboxylic acids is 1. The lowest BCUT2D eigenvalue weighted by Crippen LogP contribution is -2.43. The van der Waals surface area contributed by atoms with Crippen LogP contribution in [-0.4, -0.2) is 20.4 Å². The van der Waals surface area contributed by atoms with Gasteiger partial charge in [-0.15, -0.1) is 0 Å². The average Bonchev–Trinajstić information content (AvgIpc) is 3.20. The molecule has 4 rings (SSSR count). The van der Waals surface area contributed by atoms with Gasteiger partial charge in [0.05, 0.1) is 0 Å². The molecule has 2 aromatic heterocycles. The molecule has 0 aliphatic heterocycles. The van der Waals surface area contributed by atoms with Crippen LogP contribution in [0.15, 0.2) is 79.1 Å². The Balaban J connectivity index is 1.30. The average molecular weight is 452 g/mol. The SMILES string of the molecule is O=C(NNC(=S)Nc1cccc(OCc2ccccc2)c1)c1cn2ccc(Cl)cc2n1. The summed E-state index contributed by atoms with van der Waals surface area (Å²) in [7, 11) is 0. The summed E-state index contributed by atoms with van der Waals surface area (Å²) in [5, 5.41) is 3.77. The molecule has 1 amide bonds. The number of carbonyl (C=O) groups is 1. The van der Waals surface area contributed by atoms with Gasteiger partial charge >= 0.3 is 0 Å². The molecule has 0 atom stereocenters. The second kappa shape index (κ2) is 9.46. The number of pyridine rings is 1. The van der Waals surface area contributed by atoms with E-state index in [-0.39, 0.29) is 10.8 Å². The van der Waals surface area contributed by atoms with Gasteiger partial charge in [0, 0.05) is 35.2 Å². The normalized spacial score (nSPS) is 10.5. The summed E-state index contributed by atoms with van der Waals surface area (Å²) in [6.07, 6.45) is 3.33. The van der Waals surface area contributed by atoms with Crippen molar-refractivity contribution < 1.29 is 9.53 Å². The number of nitrogens with one attached hydrogen (secondary N) is 3. The molecule has 3 N–H and O–H groups in total. The Hall–Kier alpha value is -3.62. The third kappa shape index (κ3) is 5.50. The predicted molar refractivity (Wildman–Crippen MR) is 124 cm³/mol. The van der Waals surface area contributed by atoms with Crippen molar-refractivity contribution in [1.29, 1.82) is 0 Å². The Morgan fingerprint density at radius 2 is 1.90 bits per heavy atom. The fourth-order valence-electron chi connectivity index (χ4n) is 2.81. The largest absolute Gasteiger partial charge is 0.489 e. The number of ether oxygens (including phenoxy) is 1. The monoisotopic (exact) mass is 451 g/mol. The smallest absolute Gasteiger partial charge is 0.289 e. The van der Waals surface area contributed by atoms with E-state index in [9.17, 15) is 4.79 Å². The van der Waals surface area contributed by atoms with Crippen molar-refractivity contribution in [3.8, 4) is 5.75 Å². The van der Waals surface area contributed by atoms with Crippen molar-refractivity contribution in [1.82, 2.24) is 20.2 Å². The Kier molecular flexibility index (Phi) is 6.30. The van der Waals surface area contributed by atoms with Gasteiger partial charge in [-0.25, -0.2) is 4.98 Å². The summed E-state index contributed by atoms with van der Waals surface area (Å²) < 4.78 is 7.52. The van der Waals surface area contributed by atoms with E-state index in [1.807, 2.05) is 54.6 Å². The molecular formula is C22H18ClN5O2S. The number of fused-ring (bicyclic) bond motifs is 1. The van der Waals surface area contributed by atoms with Crippen LogP contribution in [0.2, 0.25) is 5.02 Å². The van der Waals surface area contributed by atoms with Crippen LogP contribution in [-0.2, 0) is 6.61 Å². The third-order valence-corrected chi connectivity index (χ3v) is 4.72. The number of rotatable bonds is 5. The maximum Gasteiger partial charge on any atom is 0.289 e. The van der Waals surface area contributed by atoms with Crippen molar-refractivity contribution in [3.63, 3.8) is 0 Å². The molecule has 0 saturated carbocycles. The second-order valence-electron chi connectivity index (χ2n) is 6.57. The molecule has 0 aliphatic rings. The Morgan fingerprint density at radius 3 is 2.74 bits per heavy atom. The first-order valence-electron chi connectivity index (χ1n) is 9.35. The molecule has 4 aromatic rings. The molecule has 7 nitrogen and oxygen atoms in total. The van der Waals surface area contributed by atoms with Gasteiger partial charge in [0.25, 0.3) is 5.91 Å². The van der Waals surface area contributed by atoms with Gasteiger partial charge in [0.1, 0.15) is 23.7 Å². The van der Waals surface area contributed by atoms with Crippen LogP contribution in [0.4, 0.5) is 5.69 Å². The van der Waals surface area contributed by atoms with Crippen LogP contribution in [0.5, 0.6) is 5.75 Å². The Labute approximate surface area is 189 Å². The van der Waals surface area contributed by atoms with Crippen LogP contribution in [0.25, 0.3) is 5.65 Å². The molecule has 2 aromatic carbocycles. The van der Waals surface area contributed by atoms with Gasteiger partial charge in [-0.2, -0.15) is 0 Å². The van der Waals surface area contributed by atoms with Gasteiger partial charge in [-0.1, -0.05) is 48.0 Å². The topological polar surface area (TPSA) is 79.7 Å². The highest BCUT2D eigenvalue weighted by Crippen LogP contribution is 2.18. The molecule has 0 bridgehead atoms. The molecule has 0 spiro atoms. The van der Waals surface area contributed by atoms with Crippen LogP contribution in [0.1, 0.15) is 16.1 Å². The van der Waals surface area contributed by atoms with Gasteiger partial charge in [-0.05, 0) is 36.0 Å². The lowest BCUT2D eigenvalue weighted by molar-refractivity contribution is 0.0939. The lowest BCUT2D eigenvalue weighted by atomic mass is 10.2. The number of hydrogen-bond donors (Lipinski definition) is 3. The molecule has 0 saturated heterocycles. The number of amides is 1. The maximum atomic E-state index is 12.3. The van der Waals surface area contributed by atoms with Crippen molar-refractivity contribution >= 4 is 46.2 Å². The standard InChI is InChI=1S/C22H18ClN5O2S/c23-16-9-10-28-13-19(25-20(28)11-16)21(29)26-27-22(31)24-17-7-4-8-18(12-17)30-14-15-5-2-1-3-6-15/h1-13H,14H2,(H,26,29)(H2,24,27,31). The van der Waals surface area contributed by atoms with Crippen LogP contribution >= 0.6 is 23.8 Å². The molecule has 0 fully saturated rings. The van der Waals surface area contributed by atoms with Gasteiger partial charge in [-0.3, -0.25) is 15.6 Å². The van der Waals surface area contributed by atoms with Crippen molar-refractivity contribution in [2.24, 2.45) is 0 Å². The second-order valence-corrected chi connectivity index (χ2v) is 7.42. The quantitative estimate of drug-likeness (QED) is 0.312. The molecule has 31 heavy (non-hydrogen) atoms. The van der Waals surface area contributed by atoms with E-state index in [4.69, 9.17) is 28.6 Å². The number of aromatic nitrogens is 2. The molecule has 156 valence electrons. The van der Waals surface area contributed by atoms with Crippen molar-refractivity contribution in [3.05, 3.63) is 95.4 Å². The van der Waals surface area contributed by atoms with E-state index < -0.39 is 5.91 Å². The zero-order chi connectivity index (χ0) is 21.6. The van der Waals surface area contributed by atoms with E-state index in [1.165, 1.54) is 0 Å². The number of anilines is 1. The molecule has 2 heterocycles. The van der Waals surface area contributed by atoms with E-state index >= 15 is 0 Å². The third-order valence-electron chi connectivity index (χ3n) is 4.28. The summed E-state index contributed by atoms with van der Waals surface area (Å²) in [6.45, 7) is 0.466. The summed E-state index contributed by atoms with van der Waals surface area (Å²) in [5.74, 6) is 0.271. The number of halogens is 1. The highest BCUT2D eigenvalue weighted by molar-refractivity contribution is 7.80. The summed E-state index contributed by atoms with van der Waals surface area (Å²) in [4.78, 5) is 16.6. The highest BCUT2D eigenvalue weighted by atomic mass is 35.5. The van der Waals surface area contributed by atoms with Crippen LogP contribution < -0.4 is 20.9 Å². The van der Waals surface area contributed by atoms with Crippen LogP contribution in [0.3, 0.4) is 0 Å². The Bertz CT molecular complexity index is 1230. The minimum atomic E-state index is -0.427. The molecule has 0 unspecified atom stereocenters. The lowest BCUT2D eigenvalue weighted by Gasteiger charge is -2.12. The maximum absolute atomic E-state index is 12.3.